The highest BCUT2D eigenvalue weighted by Gasteiger charge is 2.46. The fraction of sp³-hybridized carbons (Fsp3) is 0.467. The van der Waals surface area contributed by atoms with Crippen LogP contribution in [0.1, 0.15) is 19.3 Å². The number of hydrogen-bond donors (Lipinski definition) is 1. The number of carbonyl (C=O) groups is 1. The van der Waals surface area contributed by atoms with Gasteiger partial charge in [-0.15, -0.1) is 11.3 Å². The molecule has 0 saturated carbocycles. The number of benzene rings is 1. The number of amides is 1. The van der Waals surface area contributed by atoms with Gasteiger partial charge in [0.1, 0.15) is 0 Å². The lowest BCUT2D eigenvalue weighted by atomic mass is 9.78. The van der Waals surface area contributed by atoms with Crippen LogP contribution in [0.5, 0.6) is 0 Å². The molecule has 23 heavy (non-hydrogen) atoms. The summed E-state index contributed by atoms with van der Waals surface area (Å²) >= 11 is 1.43. The van der Waals surface area contributed by atoms with Crippen LogP contribution < -0.4 is 5.32 Å². The second-order valence-corrected chi connectivity index (χ2v) is 9.00. The molecule has 0 aliphatic carbocycles. The summed E-state index contributed by atoms with van der Waals surface area (Å²) in [5, 5.41) is 2.87. The third-order valence-electron chi connectivity index (χ3n) is 4.99. The van der Waals surface area contributed by atoms with Gasteiger partial charge in [0.2, 0.25) is 15.9 Å². The van der Waals surface area contributed by atoms with Crippen molar-refractivity contribution in [3.63, 3.8) is 0 Å². The lowest BCUT2D eigenvalue weighted by Crippen LogP contribution is -2.46. The van der Waals surface area contributed by atoms with E-state index in [2.05, 4.69) is 10.3 Å². The number of thiazole rings is 1. The average Bonchev–Trinajstić information content (AvgIpc) is 3.15. The van der Waals surface area contributed by atoms with E-state index in [0.717, 1.165) is 16.6 Å². The Kier molecular flexibility index (Phi) is 3.44. The molecule has 1 spiro atoms. The third-order valence-corrected chi connectivity index (χ3v) is 7.68. The first-order valence-electron chi connectivity index (χ1n) is 7.63. The fourth-order valence-electron chi connectivity index (χ4n) is 3.49. The molecular weight excluding hydrogens is 334 g/mol. The molecule has 0 radical (unpaired) electrons. The number of carbonyl (C=O) groups excluding carboxylic acids is 1. The van der Waals surface area contributed by atoms with Crippen LogP contribution in [0.15, 0.2) is 28.6 Å². The highest BCUT2D eigenvalue weighted by atomic mass is 32.2. The Morgan fingerprint density at radius 2 is 2.00 bits per heavy atom. The van der Waals surface area contributed by atoms with Crippen molar-refractivity contribution in [3.8, 4) is 0 Å². The van der Waals surface area contributed by atoms with E-state index < -0.39 is 10.0 Å². The van der Waals surface area contributed by atoms with Crippen LogP contribution in [0.25, 0.3) is 10.2 Å². The van der Waals surface area contributed by atoms with Gasteiger partial charge in [-0.25, -0.2) is 13.4 Å². The van der Waals surface area contributed by atoms with Crippen molar-refractivity contribution >= 4 is 37.5 Å². The number of piperidine rings is 1. The molecule has 2 fully saturated rings. The van der Waals surface area contributed by atoms with Crippen molar-refractivity contribution in [1.82, 2.24) is 14.6 Å². The van der Waals surface area contributed by atoms with Gasteiger partial charge in [-0.3, -0.25) is 4.79 Å². The van der Waals surface area contributed by atoms with Crippen LogP contribution >= 0.6 is 11.3 Å². The summed E-state index contributed by atoms with van der Waals surface area (Å²) in [7, 11) is -3.51. The monoisotopic (exact) mass is 351 g/mol. The molecule has 2 aromatic rings. The van der Waals surface area contributed by atoms with Crippen molar-refractivity contribution in [3.05, 3.63) is 23.7 Å². The highest BCUT2D eigenvalue weighted by molar-refractivity contribution is 7.89. The summed E-state index contributed by atoms with van der Waals surface area (Å²) in [6.07, 6.45) is 2.01. The Morgan fingerprint density at radius 3 is 2.70 bits per heavy atom. The standard InChI is InChI=1S/C15H17N3O3S2/c19-14-15(3-6-16-14)4-7-18(8-5-15)23(20,21)11-1-2-12-13(9-11)22-10-17-12/h1-2,9-10H,3-8H2,(H,16,19). The topological polar surface area (TPSA) is 79.4 Å². The number of fused-ring (bicyclic) bond motifs is 1. The smallest absolute Gasteiger partial charge is 0.243 e. The van der Waals surface area contributed by atoms with Gasteiger partial charge in [-0.1, -0.05) is 0 Å². The molecule has 8 heteroatoms. The summed E-state index contributed by atoms with van der Waals surface area (Å²) in [5.41, 5.74) is 2.17. The lowest BCUT2D eigenvalue weighted by molar-refractivity contribution is -0.129. The summed E-state index contributed by atoms with van der Waals surface area (Å²) in [6.45, 7) is 1.50. The minimum Gasteiger partial charge on any atom is -0.356 e. The number of nitrogens with one attached hydrogen (secondary N) is 1. The summed E-state index contributed by atoms with van der Waals surface area (Å²) < 4.78 is 28.1. The molecule has 2 aliphatic heterocycles. The van der Waals surface area contributed by atoms with Crippen LogP contribution in [-0.4, -0.2) is 43.2 Å². The van der Waals surface area contributed by atoms with Gasteiger partial charge in [0, 0.05) is 19.6 Å². The van der Waals surface area contributed by atoms with Crippen LogP contribution in [0.3, 0.4) is 0 Å². The van der Waals surface area contributed by atoms with E-state index in [1.165, 1.54) is 15.6 Å². The zero-order valence-electron chi connectivity index (χ0n) is 12.5. The van der Waals surface area contributed by atoms with Crippen molar-refractivity contribution in [2.24, 2.45) is 5.41 Å². The Bertz CT molecular complexity index is 867. The molecule has 6 nitrogen and oxygen atoms in total. The van der Waals surface area contributed by atoms with Gasteiger partial charge in [0.25, 0.3) is 0 Å². The quantitative estimate of drug-likeness (QED) is 0.891. The molecule has 1 aromatic heterocycles. The predicted octanol–water partition coefficient (Wildman–Crippen LogP) is 1.59. The molecule has 0 atom stereocenters. The van der Waals surface area contributed by atoms with Crippen LogP contribution in [0.2, 0.25) is 0 Å². The van der Waals surface area contributed by atoms with Crippen LogP contribution in [0, 0.1) is 5.41 Å². The van der Waals surface area contributed by atoms with Crippen molar-refractivity contribution < 1.29 is 13.2 Å². The van der Waals surface area contributed by atoms with Crippen molar-refractivity contribution in [1.29, 1.82) is 0 Å². The first kappa shape index (κ1) is 15.0. The Hall–Kier alpha value is -1.51. The summed E-state index contributed by atoms with van der Waals surface area (Å²) in [6, 6.07) is 5.05. The Balaban J connectivity index is 1.58. The zero-order chi connectivity index (χ0) is 16.1. The SMILES string of the molecule is O=C1NCCC12CCN(S(=O)(=O)c1ccc3ncsc3c1)CC2. The number of rotatable bonds is 2. The molecule has 122 valence electrons. The van der Waals surface area contributed by atoms with Gasteiger partial charge >= 0.3 is 0 Å². The molecule has 0 bridgehead atoms. The van der Waals surface area contributed by atoms with E-state index in [-0.39, 0.29) is 11.3 Å². The van der Waals surface area contributed by atoms with Gasteiger partial charge in [0.05, 0.1) is 26.0 Å². The van der Waals surface area contributed by atoms with E-state index in [1.807, 2.05) is 0 Å². The predicted molar refractivity (Wildman–Crippen MR) is 87.7 cm³/mol. The number of nitrogens with zero attached hydrogens (tertiary/aromatic N) is 2. The van der Waals surface area contributed by atoms with Gasteiger partial charge in [-0.2, -0.15) is 4.31 Å². The lowest BCUT2D eigenvalue weighted by Gasteiger charge is -2.36. The highest BCUT2D eigenvalue weighted by Crippen LogP contribution is 2.39. The van der Waals surface area contributed by atoms with E-state index in [0.29, 0.717) is 37.4 Å². The van der Waals surface area contributed by atoms with Crippen LogP contribution in [-0.2, 0) is 14.8 Å². The molecule has 0 unspecified atom stereocenters. The molecule has 3 heterocycles. The molecular formula is C15H17N3O3S2. The molecule has 1 N–H and O–H groups in total. The maximum Gasteiger partial charge on any atom is 0.243 e. The zero-order valence-corrected chi connectivity index (χ0v) is 14.1. The molecule has 1 aromatic carbocycles. The van der Waals surface area contributed by atoms with E-state index in [4.69, 9.17) is 0 Å². The normalized spacial score (nSPS) is 21.8. The van der Waals surface area contributed by atoms with Crippen molar-refractivity contribution in [2.45, 2.75) is 24.2 Å². The van der Waals surface area contributed by atoms with Gasteiger partial charge in [0.15, 0.2) is 0 Å². The summed E-state index contributed by atoms with van der Waals surface area (Å²) in [5.74, 6) is 0.0839. The van der Waals surface area contributed by atoms with Gasteiger partial charge < -0.3 is 5.32 Å². The van der Waals surface area contributed by atoms with E-state index in [9.17, 15) is 13.2 Å². The van der Waals surface area contributed by atoms with E-state index >= 15 is 0 Å². The summed E-state index contributed by atoms with van der Waals surface area (Å²) in [4.78, 5) is 16.5. The van der Waals surface area contributed by atoms with Gasteiger partial charge in [-0.05, 0) is 37.5 Å². The molecule has 4 rings (SSSR count). The molecule has 1 amide bonds. The largest absolute Gasteiger partial charge is 0.356 e. The maximum absolute atomic E-state index is 12.8. The molecule has 2 aliphatic rings. The van der Waals surface area contributed by atoms with Crippen LogP contribution in [0.4, 0.5) is 0 Å². The van der Waals surface area contributed by atoms with E-state index in [1.54, 1.807) is 23.7 Å². The minimum atomic E-state index is -3.51. The Labute approximate surface area is 138 Å². The Morgan fingerprint density at radius 1 is 1.22 bits per heavy atom. The number of aromatic nitrogens is 1. The second-order valence-electron chi connectivity index (χ2n) is 6.17. The first-order chi connectivity index (χ1) is 11.0. The maximum atomic E-state index is 12.8. The van der Waals surface area contributed by atoms with Crippen molar-refractivity contribution in [2.75, 3.05) is 19.6 Å². The third kappa shape index (κ3) is 2.36. The minimum absolute atomic E-state index is 0.0839. The number of sulfonamides is 1. The average molecular weight is 351 g/mol. The number of hydrogen-bond acceptors (Lipinski definition) is 5. The molecule has 2 saturated heterocycles. The second kappa shape index (κ2) is 5.25. The fourth-order valence-corrected chi connectivity index (χ4v) is 5.75. The first-order valence-corrected chi connectivity index (χ1v) is 9.95.